The lowest BCUT2D eigenvalue weighted by Crippen LogP contribution is -2.37. The van der Waals surface area contributed by atoms with Gasteiger partial charge in [-0.15, -0.1) is 0 Å². The van der Waals surface area contributed by atoms with E-state index in [0.717, 1.165) is 5.57 Å². The molecule has 0 aromatic heterocycles. The quantitative estimate of drug-likeness (QED) is 0.303. The zero-order valence-corrected chi connectivity index (χ0v) is 16.4. The van der Waals surface area contributed by atoms with Crippen molar-refractivity contribution in [3.63, 3.8) is 0 Å². The van der Waals surface area contributed by atoms with E-state index >= 15 is 0 Å². The van der Waals surface area contributed by atoms with Crippen LogP contribution in [0.15, 0.2) is 62.6 Å². The normalized spacial score (nSPS) is 19.9. The molecule has 29 heavy (non-hydrogen) atoms. The second kappa shape index (κ2) is 9.96. The third-order valence-corrected chi connectivity index (χ3v) is 3.96. The summed E-state index contributed by atoms with van der Waals surface area (Å²) in [4.78, 5) is 16.1. The van der Waals surface area contributed by atoms with E-state index < -0.39 is 12.1 Å². The smallest absolute Gasteiger partial charge is 0.291 e. The molecule has 4 N–H and O–H groups in total. The number of amides is 1. The molecule has 1 aromatic carbocycles. The number of nitrogens with one attached hydrogen (secondary N) is 1. The molecule has 0 aliphatic carbocycles. The van der Waals surface area contributed by atoms with Crippen molar-refractivity contribution in [1.82, 2.24) is 5.32 Å². The van der Waals surface area contributed by atoms with Crippen LogP contribution in [0.4, 0.5) is 0 Å². The van der Waals surface area contributed by atoms with Crippen LogP contribution in [0.5, 0.6) is 5.75 Å². The molecule has 1 heterocycles. The number of nitrogens with zero attached hydrogens (tertiary/aromatic N) is 4. The number of carbonyl (C=O) groups is 1. The van der Waals surface area contributed by atoms with Crippen molar-refractivity contribution in [2.24, 2.45) is 21.2 Å². The Hall–Kier alpha value is -3.77. The molecule has 1 unspecified atom stereocenters. The average molecular weight is 394 g/mol. The third-order valence-electron chi connectivity index (χ3n) is 3.96. The minimum atomic E-state index is -0.624. The van der Waals surface area contributed by atoms with Gasteiger partial charge in [0.1, 0.15) is 5.75 Å². The van der Waals surface area contributed by atoms with Gasteiger partial charge in [0.2, 0.25) is 0 Å². The van der Waals surface area contributed by atoms with E-state index in [9.17, 15) is 9.90 Å². The summed E-state index contributed by atoms with van der Waals surface area (Å²) in [5.74, 6) is 4.23. The van der Waals surface area contributed by atoms with E-state index in [1.54, 1.807) is 31.3 Å². The van der Waals surface area contributed by atoms with E-state index in [0.29, 0.717) is 34.7 Å². The van der Waals surface area contributed by atoms with Gasteiger partial charge in [-0.2, -0.15) is 5.26 Å². The van der Waals surface area contributed by atoms with Gasteiger partial charge in [-0.25, -0.2) is 0 Å². The highest BCUT2D eigenvalue weighted by Crippen LogP contribution is 2.27. The van der Waals surface area contributed by atoms with E-state index in [4.69, 9.17) is 15.8 Å². The minimum absolute atomic E-state index is 0.0378. The Morgan fingerprint density at radius 3 is 2.86 bits per heavy atom. The van der Waals surface area contributed by atoms with Crippen molar-refractivity contribution < 1.29 is 14.6 Å². The van der Waals surface area contributed by atoms with Gasteiger partial charge in [0.25, 0.3) is 5.91 Å². The summed E-state index contributed by atoms with van der Waals surface area (Å²) in [6.45, 7) is 5.81. The van der Waals surface area contributed by atoms with E-state index in [1.165, 1.54) is 12.1 Å². The van der Waals surface area contributed by atoms with Gasteiger partial charge >= 0.3 is 0 Å². The van der Waals surface area contributed by atoms with Crippen molar-refractivity contribution in [2.45, 2.75) is 27.0 Å². The predicted molar refractivity (Wildman–Crippen MR) is 108 cm³/mol. The van der Waals surface area contributed by atoms with E-state index in [2.05, 4.69) is 20.6 Å². The molecule has 0 saturated heterocycles. The maximum absolute atomic E-state index is 11.6. The molecule has 0 radical (unpaired) electrons. The standard InChI is InChI=1S/C20H22N6O3/c1-4-29-20-16(9-15-6-5-14(10-21)8-17(15)27)19(12(2)11-23-20)24-13(3)7-18(28)25-26-22/h5-9,11,20,23,27H,4H2,1-3H3,(H2,22,25,28)/b13-7+,16-9-,24-19-. The highest BCUT2D eigenvalue weighted by Gasteiger charge is 2.25. The number of rotatable bonds is 5. The largest absolute Gasteiger partial charge is 0.507 e. The number of ether oxygens (including phenoxy) is 1. The van der Waals surface area contributed by atoms with Crippen molar-refractivity contribution >= 4 is 17.7 Å². The Bertz CT molecular complexity index is 982. The number of phenols is 1. The topological polar surface area (TPSA) is 145 Å². The molecule has 9 nitrogen and oxygen atoms in total. The van der Waals surface area contributed by atoms with Crippen LogP contribution in [0.1, 0.15) is 31.9 Å². The van der Waals surface area contributed by atoms with Gasteiger partial charge in [0, 0.05) is 35.7 Å². The second-order valence-corrected chi connectivity index (χ2v) is 6.11. The van der Waals surface area contributed by atoms with Crippen LogP contribution in [0.3, 0.4) is 0 Å². The number of phenolic OH excluding ortho intramolecular Hbond substituents is 1. The third kappa shape index (κ3) is 5.60. The number of nitriles is 1. The molecule has 0 spiro atoms. The first-order valence-electron chi connectivity index (χ1n) is 8.81. The zero-order valence-electron chi connectivity index (χ0n) is 16.4. The molecular formula is C20H22N6O3. The molecular weight excluding hydrogens is 372 g/mol. The number of nitrogens with two attached hydrogens (primary N) is 1. The fourth-order valence-corrected chi connectivity index (χ4v) is 2.69. The average Bonchev–Trinajstić information content (AvgIpc) is 2.68. The maximum atomic E-state index is 11.6. The monoisotopic (exact) mass is 394 g/mol. The molecule has 1 atom stereocenters. The number of carbonyl (C=O) groups excluding carboxylic acids is 1. The number of aliphatic imine (C=N–C) groups is 1. The lowest BCUT2D eigenvalue weighted by atomic mass is 9.96. The number of hydrogen-bond acceptors (Lipinski definition) is 7. The van der Waals surface area contributed by atoms with Crippen LogP contribution >= 0.6 is 0 Å². The summed E-state index contributed by atoms with van der Waals surface area (Å²) >= 11 is 0. The Kier molecular flexibility index (Phi) is 7.40. The van der Waals surface area contributed by atoms with Crippen LogP contribution in [-0.2, 0) is 9.53 Å². The molecule has 0 fully saturated rings. The summed E-state index contributed by atoms with van der Waals surface area (Å²) < 4.78 is 5.76. The first kappa shape index (κ1) is 21.5. The fourth-order valence-electron chi connectivity index (χ4n) is 2.69. The van der Waals surface area contributed by atoms with E-state index in [-0.39, 0.29) is 5.75 Å². The molecule has 1 aliphatic rings. The highest BCUT2D eigenvalue weighted by atomic mass is 16.5. The van der Waals surface area contributed by atoms with Gasteiger partial charge in [-0.1, -0.05) is 10.3 Å². The van der Waals surface area contributed by atoms with Crippen molar-refractivity contribution in [2.75, 3.05) is 6.61 Å². The van der Waals surface area contributed by atoms with Crippen LogP contribution in [0, 0.1) is 11.3 Å². The highest BCUT2D eigenvalue weighted by molar-refractivity contribution is 6.16. The molecule has 1 amide bonds. The predicted octanol–water partition coefficient (Wildman–Crippen LogP) is 2.71. The Morgan fingerprint density at radius 1 is 1.48 bits per heavy atom. The van der Waals surface area contributed by atoms with Crippen molar-refractivity contribution in [3.05, 3.63) is 58.4 Å². The SMILES string of the molecule is CCOC1NC=C(C)C(=N/C(C)=C/C(=O)N=NN)/C1=C/c1ccc(C#N)cc1O. The molecule has 2 rings (SSSR count). The number of aromatic hydroxyl groups is 1. The summed E-state index contributed by atoms with van der Waals surface area (Å²) in [6.07, 6.45) is 4.20. The number of hydrogen-bond donors (Lipinski definition) is 3. The zero-order chi connectivity index (χ0) is 21.4. The first-order valence-corrected chi connectivity index (χ1v) is 8.81. The lowest BCUT2D eigenvalue weighted by molar-refractivity contribution is -0.114. The van der Waals surface area contributed by atoms with Gasteiger partial charge in [-0.05, 0) is 50.6 Å². The molecule has 1 aromatic rings. The van der Waals surface area contributed by atoms with Crippen molar-refractivity contribution in [3.8, 4) is 11.8 Å². The van der Waals surface area contributed by atoms with Crippen LogP contribution in [0.2, 0.25) is 0 Å². The van der Waals surface area contributed by atoms with Gasteiger partial charge in [-0.3, -0.25) is 9.79 Å². The molecule has 1 aliphatic heterocycles. The number of benzene rings is 1. The molecule has 0 bridgehead atoms. The van der Waals surface area contributed by atoms with E-state index in [1.807, 2.05) is 19.9 Å². The van der Waals surface area contributed by atoms with Crippen LogP contribution < -0.4 is 11.2 Å². The number of allylic oxidation sites excluding steroid dienone is 2. The van der Waals surface area contributed by atoms with Gasteiger partial charge < -0.3 is 21.0 Å². The molecule has 150 valence electrons. The maximum Gasteiger partial charge on any atom is 0.291 e. The van der Waals surface area contributed by atoms with Gasteiger partial charge in [0.05, 0.1) is 17.3 Å². The molecule has 9 heteroatoms. The van der Waals surface area contributed by atoms with Crippen LogP contribution in [0.25, 0.3) is 6.08 Å². The Balaban J connectivity index is 2.58. The van der Waals surface area contributed by atoms with Crippen LogP contribution in [-0.4, -0.2) is 29.6 Å². The summed E-state index contributed by atoms with van der Waals surface area (Å²) in [6, 6.07) is 6.62. The Morgan fingerprint density at radius 2 is 2.24 bits per heavy atom. The van der Waals surface area contributed by atoms with Gasteiger partial charge in [0.15, 0.2) is 6.23 Å². The fraction of sp³-hybridized carbons (Fsp3) is 0.250. The lowest BCUT2D eigenvalue weighted by Gasteiger charge is -2.27. The van der Waals surface area contributed by atoms with Crippen molar-refractivity contribution in [1.29, 1.82) is 5.26 Å². The second-order valence-electron chi connectivity index (χ2n) is 6.11. The Labute approximate surface area is 168 Å². The summed E-state index contributed by atoms with van der Waals surface area (Å²) in [5.41, 5.74) is 3.30. The molecule has 0 saturated carbocycles. The minimum Gasteiger partial charge on any atom is -0.507 e. The summed E-state index contributed by atoms with van der Waals surface area (Å²) in [5, 5.41) is 28.6. The summed E-state index contributed by atoms with van der Waals surface area (Å²) in [7, 11) is 0. The first-order chi connectivity index (χ1) is 13.9.